The molecule has 0 aromatic heterocycles. The molecule has 0 radical (unpaired) electrons. The fourth-order valence-electron chi connectivity index (χ4n) is 8.55. The molecular formula is C65H113NO3. The minimum atomic E-state index is -0.855. The minimum absolute atomic E-state index is 0.0805. The maximum absolute atomic E-state index is 12.5. The van der Waals surface area contributed by atoms with Crippen molar-refractivity contribution in [2.75, 3.05) is 6.61 Å². The molecule has 0 saturated carbocycles. The zero-order valence-corrected chi connectivity index (χ0v) is 45.5. The number of aliphatic hydroxyl groups is 2. The molecule has 2 atom stereocenters. The number of hydrogen-bond acceptors (Lipinski definition) is 3. The van der Waals surface area contributed by atoms with Gasteiger partial charge in [-0.3, -0.25) is 4.79 Å². The van der Waals surface area contributed by atoms with Crippen LogP contribution in [0.1, 0.15) is 277 Å². The highest BCUT2D eigenvalue weighted by molar-refractivity contribution is 5.76. The number of unbranched alkanes of at least 4 members (excludes halogenated alkanes) is 30. The van der Waals surface area contributed by atoms with Crippen molar-refractivity contribution in [3.63, 3.8) is 0 Å². The van der Waals surface area contributed by atoms with Crippen LogP contribution in [-0.4, -0.2) is 34.9 Å². The van der Waals surface area contributed by atoms with E-state index in [-0.39, 0.29) is 12.5 Å². The summed E-state index contributed by atoms with van der Waals surface area (Å²) < 4.78 is 0. The topological polar surface area (TPSA) is 69.6 Å². The van der Waals surface area contributed by atoms with Gasteiger partial charge in [-0.05, 0) is 83.5 Å². The maximum Gasteiger partial charge on any atom is 0.220 e. The molecule has 396 valence electrons. The zero-order chi connectivity index (χ0) is 49.9. The van der Waals surface area contributed by atoms with E-state index in [1.54, 1.807) is 6.08 Å². The predicted octanol–water partition coefficient (Wildman–Crippen LogP) is 19.9. The fraction of sp³-hybridized carbons (Fsp3) is 0.708. The van der Waals surface area contributed by atoms with Gasteiger partial charge in [0.25, 0.3) is 0 Å². The van der Waals surface area contributed by atoms with Gasteiger partial charge in [-0.15, -0.1) is 0 Å². The molecule has 0 aromatic carbocycles. The van der Waals surface area contributed by atoms with Crippen molar-refractivity contribution in [1.29, 1.82) is 0 Å². The van der Waals surface area contributed by atoms with E-state index >= 15 is 0 Å². The summed E-state index contributed by atoms with van der Waals surface area (Å²) in [4.78, 5) is 12.5. The van der Waals surface area contributed by atoms with Crippen LogP contribution in [0.15, 0.2) is 109 Å². The Bertz CT molecular complexity index is 1310. The van der Waals surface area contributed by atoms with Gasteiger partial charge in [0.1, 0.15) is 0 Å². The second kappa shape index (κ2) is 59.4. The second-order valence-electron chi connectivity index (χ2n) is 19.7. The first-order chi connectivity index (χ1) is 34.2. The Balaban J connectivity index is 3.60. The Labute approximate surface area is 429 Å². The molecule has 0 aliphatic rings. The molecule has 69 heavy (non-hydrogen) atoms. The van der Waals surface area contributed by atoms with E-state index in [2.05, 4.69) is 116 Å². The van der Waals surface area contributed by atoms with Gasteiger partial charge in [0.2, 0.25) is 5.91 Å². The van der Waals surface area contributed by atoms with Crippen LogP contribution in [0.5, 0.6) is 0 Å². The molecule has 4 nitrogen and oxygen atoms in total. The molecule has 1 amide bonds. The van der Waals surface area contributed by atoms with Crippen LogP contribution < -0.4 is 5.32 Å². The molecule has 0 spiro atoms. The number of hydrogen-bond donors (Lipinski definition) is 3. The van der Waals surface area contributed by atoms with Gasteiger partial charge >= 0.3 is 0 Å². The molecule has 3 N–H and O–H groups in total. The molecule has 0 saturated heterocycles. The number of rotatable bonds is 53. The smallest absolute Gasteiger partial charge is 0.220 e. The summed E-state index contributed by atoms with van der Waals surface area (Å²) in [7, 11) is 0. The van der Waals surface area contributed by atoms with E-state index in [9.17, 15) is 15.0 Å². The SMILES string of the molecule is CC/C=C\C/C=C\C/C=C\C/C=C\C/C=C\C/C=C\C/C=C\C/C=C\CCCCCCCCC(=O)NC(CO)C(O)/C=C/CCCCCCCCCCCCCCCCCCCCCCCCCC. The molecule has 4 heteroatoms. The summed E-state index contributed by atoms with van der Waals surface area (Å²) in [6, 6.07) is -0.640. The van der Waals surface area contributed by atoms with Crippen LogP contribution in [0.2, 0.25) is 0 Å². The van der Waals surface area contributed by atoms with E-state index < -0.39 is 12.1 Å². The Kier molecular flexibility index (Phi) is 56.8. The second-order valence-corrected chi connectivity index (χ2v) is 19.7. The van der Waals surface area contributed by atoms with Crippen molar-refractivity contribution >= 4 is 5.91 Å². The Morgan fingerprint density at radius 2 is 0.638 bits per heavy atom. The fourth-order valence-corrected chi connectivity index (χ4v) is 8.55. The number of aliphatic hydroxyl groups excluding tert-OH is 2. The van der Waals surface area contributed by atoms with Crippen LogP contribution >= 0.6 is 0 Å². The van der Waals surface area contributed by atoms with E-state index in [1.165, 1.54) is 167 Å². The number of amides is 1. The lowest BCUT2D eigenvalue weighted by atomic mass is 10.0. The van der Waals surface area contributed by atoms with Crippen molar-refractivity contribution in [2.24, 2.45) is 0 Å². The van der Waals surface area contributed by atoms with E-state index in [0.29, 0.717) is 6.42 Å². The van der Waals surface area contributed by atoms with Crippen LogP contribution in [0, 0.1) is 0 Å². The quantitative estimate of drug-likeness (QED) is 0.0420. The lowest BCUT2D eigenvalue weighted by molar-refractivity contribution is -0.123. The first kappa shape index (κ1) is 66.0. The third-order valence-corrected chi connectivity index (χ3v) is 13.0. The first-order valence-corrected chi connectivity index (χ1v) is 29.6. The van der Waals surface area contributed by atoms with Crippen LogP contribution in [0.4, 0.5) is 0 Å². The van der Waals surface area contributed by atoms with Crippen molar-refractivity contribution in [3.05, 3.63) is 109 Å². The average molecular weight is 957 g/mol. The maximum atomic E-state index is 12.5. The third-order valence-electron chi connectivity index (χ3n) is 13.0. The number of nitrogens with one attached hydrogen (secondary N) is 1. The molecular weight excluding hydrogens is 843 g/mol. The molecule has 0 bridgehead atoms. The molecule has 2 unspecified atom stereocenters. The molecule has 0 aromatic rings. The van der Waals surface area contributed by atoms with Crippen molar-refractivity contribution < 1.29 is 15.0 Å². The summed E-state index contributed by atoms with van der Waals surface area (Å²) in [5.41, 5.74) is 0. The Morgan fingerprint density at radius 3 is 0.957 bits per heavy atom. The average Bonchev–Trinajstić information content (AvgIpc) is 3.35. The summed E-state index contributed by atoms with van der Waals surface area (Å²) in [5.74, 6) is -0.0805. The van der Waals surface area contributed by atoms with Gasteiger partial charge in [0.05, 0.1) is 18.8 Å². The summed E-state index contributed by atoms with van der Waals surface area (Å²) in [6.45, 7) is 4.20. The lowest BCUT2D eigenvalue weighted by Gasteiger charge is -2.20. The van der Waals surface area contributed by atoms with Crippen molar-refractivity contribution in [1.82, 2.24) is 5.32 Å². The molecule has 0 heterocycles. The van der Waals surface area contributed by atoms with E-state index in [4.69, 9.17) is 0 Å². The van der Waals surface area contributed by atoms with Gasteiger partial charge in [-0.25, -0.2) is 0 Å². The highest BCUT2D eigenvalue weighted by Gasteiger charge is 2.18. The summed E-state index contributed by atoms with van der Waals surface area (Å²) >= 11 is 0. The number of carbonyl (C=O) groups is 1. The Hall–Kier alpha value is -2.95. The number of allylic oxidation sites excluding steroid dienone is 17. The largest absolute Gasteiger partial charge is 0.394 e. The minimum Gasteiger partial charge on any atom is -0.394 e. The van der Waals surface area contributed by atoms with Gasteiger partial charge in [-0.1, -0.05) is 297 Å². The van der Waals surface area contributed by atoms with Crippen LogP contribution in [-0.2, 0) is 4.79 Å². The molecule has 0 aliphatic heterocycles. The predicted molar refractivity (Wildman–Crippen MR) is 308 cm³/mol. The highest BCUT2D eigenvalue weighted by atomic mass is 16.3. The Morgan fingerprint density at radius 1 is 0.362 bits per heavy atom. The summed E-state index contributed by atoms with van der Waals surface area (Å²) in [6.07, 6.45) is 89.7. The lowest BCUT2D eigenvalue weighted by Crippen LogP contribution is -2.45. The van der Waals surface area contributed by atoms with Crippen LogP contribution in [0.3, 0.4) is 0 Å². The standard InChI is InChI=1S/C65H113NO3/c1-3-5-7-9-11-13-15-17-19-21-23-25-27-29-31-32-33-34-35-37-39-41-43-45-47-49-51-53-55-57-59-61-65(69)66-63(62-67)64(68)60-58-56-54-52-50-48-46-44-42-40-38-36-30-28-26-24-22-20-18-16-14-12-10-8-6-4-2/h5,7,11,13,17,19,23,25,29,31,33-34,37,39,43,45,58,60,63-64,67-68H,3-4,6,8-10,12,14-16,18,20-22,24,26-28,30,32,35-36,38,40-42,44,46-57,59,61-62H2,1-2H3,(H,66,69)/b7-5-,13-11-,19-17-,25-23-,31-29-,34-33-,39-37-,45-43-,60-58+. The third kappa shape index (κ3) is 55.8. The first-order valence-electron chi connectivity index (χ1n) is 29.6. The highest BCUT2D eigenvalue weighted by Crippen LogP contribution is 2.16. The van der Waals surface area contributed by atoms with Gasteiger partial charge in [0.15, 0.2) is 0 Å². The van der Waals surface area contributed by atoms with E-state index in [1.807, 2.05) is 6.08 Å². The molecule has 0 fully saturated rings. The van der Waals surface area contributed by atoms with Crippen LogP contribution in [0.25, 0.3) is 0 Å². The molecule has 0 aliphatic carbocycles. The van der Waals surface area contributed by atoms with Crippen molar-refractivity contribution in [2.45, 2.75) is 289 Å². The van der Waals surface area contributed by atoms with Gasteiger partial charge in [0, 0.05) is 6.42 Å². The summed E-state index contributed by atoms with van der Waals surface area (Å²) in [5, 5.41) is 23.2. The zero-order valence-electron chi connectivity index (χ0n) is 45.5. The monoisotopic (exact) mass is 956 g/mol. The normalized spacial score (nSPS) is 13.6. The molecule has 0 rings (SSSR count). The van der Waals surface area contributed by atoms with Gasteiger partial charge in [-0.2, -0.15) is 0 Å². The van der Waals surface area contributed by atoms with E-state index in [0.717, 1.165) is 89.9 Å². The van der Waals surface area contributed by atoms with Crippen molar-refractivity contribution in [3.8, 4) is 0 Å². The van der Waals surface area contributed by atoms with Gasteiger partial charge < -0.3 is 15.5 Å². The number of carbonyl (C=O) groups excluding carboxylic acids is 1.